The summed E-state index contributed by atoms with van der Waals surface area (Å²) in [6.45, 7) is 5.23. The highest BCUT2D eigenvalue weighted by Gasteiger charge is 2.23. The average molecular weight is 506 g/mol. The summed E-state index contributed by atoms with van der Waals surface area (Å²) in [5.41, 5.74) is 9.16. The van der Waals surface area contributed by atoms with Gasteiger partial charge in [0.1, 0.15) is 6.29 Å². The highest BCUT2D eigenvalue weighted by Crippen LogP contribution is 2.37. The van der Waals surface area contributed by atoms with E-state index in [4.69, 9.17) is 23.2 Å². The highest BCUT2D eigenvalue weighted by atomic mass is 35.5. The molecule has 6 heteroatoms. The Morgan fingerprint density at radius 1 is 0.886 bits per heavy atom. The highest BCUT2D eigenvalue weighted by molar-refractivity contribution is 6.31. The molecular weight excluding hydrogens is 477 g/mol. The van der Waals surface area contributed by atoms with Crippen molar-refractivity contribution in [2.24, 2.45) is 0 Å². The topological polar surface area (TPSA) is 26.8 Å². The van der Waals surface area contributed by atoms with E-state index >= 15 is 0 Å². The zero-order valence-corrected chi connectivity index (χ0v) is 21.6. The molecule has 0 fully saturated rings. The summed E-state index contributed by atoms with van der Waals surface area (Å²) in [5, 5.41) is 1.48. The van der Waals surface area contributed by atoms with Crippen LogP contribution in [0.25, 0.3) is 0 Å². The van der Waals surface area contributed by atoms with E-state index in [1.54, 1.807) is 0 Å². The molecule has 0 spiro atoms. The number of rotatable bonds is 4. The zero-order chi connectivity index (χ0) is 24.5. The van der Waals surface area contributed by atoms with Gasteiger partial charge in [-0.1, -0.05) is 40.9 Å². The number of carbonyl (C=O) groups is 1. The SMILES string of the molecule is Cc1ccc(N2C=C(C=O)CCC2)c(CN2Cc3cc(Cl)ccc3N(C)Cc3cc(Cl)ccc32)c1. The second kappa shape index (κ2) is 9.96. The lowest BCUT2D eigenvalue weighted by atomic mass is 10.0. The van der Waals surface area contributed by atoms with Crippen LogP contribution in [-0.2, 0) is 24.4 Å². The maximum atomic E-state index is 11.5. The third kappa shape index (κ3) is 5.05. The normalized spacial score (nSPS) is 15.7. The number of aryl methyl sites for hydroxylation is 1. The van der Waals surface area contributed by atoms with Gasteiger partial charge in [0, 0.05) is 72.1 Å². The van der Waals surface area contributed by atoms with Crippen molar-refractivity contribution in [3.05, 3.63) is 98.7 Å². The van der Waals surface area contributed by atoms with Crippen molar-refractivity contribution >= 4 is 46.6 Å². The monoisotopic (exact) mass is 505 g/mol. The van der Waals surface area contributed by atoms with E-state index in [0.29, 0.717) is 0 Å². The summed E-state index contributed by atoms with van der Waals surface area (Å²) in [4.78, 5) is 18.4. The first-order valence-corrected chi connectivity index (χ1v) is 12.7. The molecule has 0 aromatic heterocycles. The van der Waals surface area contributed by atoms with Crippen molar-refractivity contribution in [3.63, 3.8) is 0 Å². The second-order valence-electron chi connectivity index (χ2n) is 9.51. The van der Waals surface area contributed by atoms with Crippen molar-refractivity contribution in [1.82, 2.24) is 0 Å². The van der Waals surface area contributed by atoms with Crippen LogP contribution < -0.4 is 14.7 Å². The Hall–Kier alpha value is -2.95. The molecule has 0 N–H and O–H groups in total. The van der Waals surface area contributed by atoms with Crippen LogP contribution >= 0.6 is 23.2 Å². The molecular formula is C29H29Cl2N3O. The predicted molar refractivity (Wildman–Crippen MR) is 147 cm³/mol. The Morgan fingerprint density at radius 2 is 1.57 bits per heavy atom. The van der Waals surface area contributed by atoms with Crippen LogP contribution in [0.5, 0.6) is 0 Å². The smallest absolute Gasteiger partial charge is 0.147 e. The molecule has 0 radical (unpaired) electrons. The maximum absolute atomic E-state index is 11.5. The van der Waals surface area contributed by atoms with E-state index in [-0.39, 0.29) is 0 Å². The summed E-state index contributed by atoms with van der Waals surface area (Å²) in [5.74, 6) is 0. The summed E-state index contributed by atoms with van der Waals surface area (Å²) < 4.78 is 0. The van der Waals surface area contributed by atoms with Gasteiger partial charge in [-0.3, -0.25) is 4.79 Å². The number of anilines is 3. The first-order chi connectivity index (χ1) is 16.9. The zero-order valence-electron chi connectivity index (χ0n) is 20.1. The van der Waals surface area contributed by atoms with Gasteiger partial charge in [-0.25, -0.2) is 0 Å². The minimum absolute atomic E-state index is 0.720. The molecule has 0 atom stereocenters. The molecule has 2 heterocycles. The molecule has 0 bridgehead atoms. The number of hydrogen-bond donors (Lipinski definition) is 0. The summed E-state index contributed by atoms with van der Waals surface area (Å²) in [7, 11) is 2.11. The lowest BCUT2D eigenvalue weighted by Crippen LogP contribution is -2.31. The molecule has 2 aliphatic heterocycles. The van der Waals surface area contributed by atoms with Gasteiger partial charge < -0.3 is 14.7 Å². The Labute approximate surface area is 217 Å². The first-order valence-electron chi connectivity index (χ1n) is 12.0. The number of fused-ring (bicyclic) bond motifs is 2. The summed E-state index contributed by atoms with van der Waals surface area (Å²) in [6, 6.07) is 18.9. The van der Waals surface area contributed by atoms with Gasteiger partial charge in [0.25, 0.3) is 0 Å². The maximum Gasteiger partial charge on any atom is 0.147 e. The lowest BCUT2D eigenvalue weighted by molar-refractivity contribution is -0.105. The van der Waals surface area contributed by atoms with Crippen LogP contribution in [0.15, 0.2) is 66.4 Å². The van der Waals surface area contributed by atoms with Gasteiger partial charge in [0.05, 0.1) is 0 Å². The van der Waals surface area contributed by atoms with Gasteiger partial charge in [-0.2, -0.15) is 0 Å². The standard InChI is InChI=1S/C29H29Cl2N3O/c1-20-5-8-28(33-11-3-4-21(15-33)19-35)22(12-20)17-34-18-24-14-25(30)6-9-27(24)32(2)16-23-13-26(31)7-10-29(23)34/h5-10,12-15,19H,3-4,11,16-18H2,1-2H3. The molecule has 2 aliphatic rings. The van der Waals surface area contributed by atoms with E-state index in [1.807, 2.05) is 18.3 Å². The van der Waals surface area contributed by atoms with Crippen molar-refractivity contribution in [2.45, 2.75) is 39.4 Å². The third-order valence-electron chi connectivity index (χ3n) is 6.85. The molecule has 0 saturated heterocycles. The molecule has 3 aromatic carbocycles. The van der Waals surface area contributed by atoms with Gasteiger partial charge >= 0.3 is 0 Å². The summed E-state index contributed by atoms with van der Waals surface area (Å²) >= 11 is 12.9. The fourth-order valence-electron chi connectivity index (χ4n) is 5.20. The van der Waals surface area contributed by atoms with E-state index in [0.717, 1.165) is 66.6 Å². The Bertz CT molecular complexity index is 1300. The third-order valence-corrected chi connectivity index (χ3v) is 7.32. The second-order valence-corrected chi connectivity index (χ2v) is 10.4. The van der Waals surface area contributed by atoms with Crippen LogP contribution in [0.3, 0.4) is 0 Å². The fourth-order valence-corrected chi connectivity index (χ4v) is 5.59. The number of carbonyl (C=O) groups excluding carboxylic acids is 1. The van der Waals surface area contributed by atoms with Gasteiger partial charge in [0.15, 0.2) is 0 Å². The molecule has 35 heavy (non-hydrogen) atoms. The Morgan fingerprint density at radius 3 is 2.31 bits per heavy atom. The number of nitrogens with zero attached hydrogens (tertiary/aromatic N) is 3. The van der Waals surface area contributed by atoms with Crippen LogP contribution in [0.1, 0.15) is 35.1 Å². The minimum Gasteiger partial charge on any atom is -0.370 e. The number of aldehydes is 1. The van der Waals surface area contributed by atoms with Crippen molar-refractivity contribution in [3.8, 4) is 0 Å². The number of benzene rings is 3. The predicted octanol–water partition coefficient (Wildman–Crippen LogP) is 7.14. The van der Waals surface area contributed by atoms with Crippen LogP contribution in [0.2, 0.25) is 10.0 Å². The Balaban J connectivity index is 1.59. The average Bonchev–Trinajstić information content (AvgIpc) is 2.83. The molecule has 0 saturated carbocycles. The van der Waals surface area contributed by atoms with Crippen molar-refractivity contribution < 1.29 is 4.79 Å². The van der Waals surface area contributed by atoms with Crippen molar-refractivity contribution in [2.75, 3.05) is 28.3 Å². The Kier molecular flexibility index (Phi) is 6.77. The quantitative estimate of drug-likeness (QED) is 0.352. The van der Waals surface area contributed by atoms with E-state index in [1.165, 1.54) is 33.6 Å². The molecule has 4 nitrogen and oxygen atoms in total. The van der Waals surface area contributed by atoms with Gasteiger partial charge in [-0.05, 0) is 78.9 Å². The van der Waals surface area contributed by atoms with Crippen molar-refractivity contribution in [1.29, 1.82) is 0 Å². The van der Waals surface area contributed by atoms with Gasteiger partial charge in [0.2, 0.25) is 0 Å². The van der Waals surface area contributed by atoms with E-state index in [2.05, 4.69) is 71.1 Å². The molecule has 180 valence electrons. The fraction of sp³-hybridized carbons (Fsp3) is 0.276. The lowest BCUT2D eigenvalue weighted by Gasteiger charge is -2.35. The number of halogens is 2. The van der Waals surface area contributed by atoms with Crippen LogP contribution in [-0.4, -0.2) is 19.9 Å². The molecule has 3 aromatic rings. The van der Waals surface area contributed by atoms with Crippen LogP contribution in [0, 0.1) is 6.92 Å². The molecule has 0 amide bonds. The van der Waals surface area contributed by atoms with E-state index in [9.17, 15) is 4.79 Å². The molecule has 0 unspecified atom stereocenters. The van der Waals surface area contributed by atoms with E-state index < -0.39 is 0 Å². The first kappa shape index (κ1) is 23.8. The number of hydrogen-bond acceptors (Lipinski definition) is 4. The minimum atomic E-state index is 0.720. The molecule has 5 rings (SSSR count). The van der Waals surface area contributed by atoms with Gasteiger partial charge in [-0.15, -0.1) is 0 Å². The summed E-state index contributed by atoms with van der Waals surface area (Å²) in [6.07, 6.45) is 4.80. The molecule has 0 aliphatic carbocycles. The largest absolute Gasteiger partial charge is 0.370 e. The van der Waals surface area contributed by atoms with Crippen LogP contribution in [0.4, 0.5) is 17.1 Å². The number of allylic oxidation sites excluding steroid dienone is 1.